The topological polar surface area (TPSA) is 111 Å². The van der Waals surface area contributed by atoms with Crippen molar-refractivity contribution in [1.82, 2.24) is 0 Å². The summed E-state index contributed by atoms with van der Waals surface area (Å²) < 4.78 is 114. The highest BCUT2D eigenvalue weighted by atomic mass is 19.4. The number of aromatic hydroxyl groups is 1. The van der Waals surface area contributed by atoms with Gasteiger partial charge >= 0.3 is 12.5 Å². The number of anilines is 1. The second kappa shape index (κ2) is 9.83. The van der Waals surface area contributed by atoms with Crippen molar-refractivity contribution < 1.29 is 59.3 Å². The monoisotopic (exact) mass is 536 g/mol. The molecular formula is C22H12F8N2O5. The minimum atomic E-state index is -5.26. The van der Waals surface area contributed by atoms with Crippen LogP contribution in [0.5, 0.6) is 23.0 Å². The molecule has 0 fully saturated rings. The maximum absolute atomic E-state index is 14.9. The van der Waals surface area contributed by atoms with Crippen molar-refractivity contribution >= 4 is 17.5 Å². The van der Waals surface area contributed by atoms with Gasteiger partial charge in [0.1, 0.15) is 22.9 Å². The number of phenols is 1. The molecule has 0 unspecified atom stereocenters. The molecule has 37 heavy (non-hydrogen) atoms. The molecule has 0 saturated heterocycles. The zero-order chi connectivity index (χ0) is 27.7. The summed E-state index contributed by atoms with van der Waals surface area (Å²) in [5.74, 6) is -9.42. The van der Waals surface area contributed by atoms with Gasteiger partial charge in [0, 0.05) is 11.8 Å². The van der Waals surface area contributed by atoms with Gasteiger partial charge in [-0.15, -0.1) is 13.2 Å². The highest BCUT2D eigenvalue weighted by molar-refractivity contribution is 6.07. The Bertz CT molecular complexity index is 1370. The van der Waals surface area contributed by atoms with E-state index in [4.69, 9.17) is 10.5 Å². The first-order valence-corrected chi connectivity index (χ1v) is 9.64. The molecule has 7 nitrogen and oxygen atoms in total. The molecular weight excluding hydrogens is 524 g/mol. The van der Waals surface area contributed by atoms with E-state index in [1.165, 1.54) is 0 Å². The third kappa shape index (κ3) is 6.36. The summed E-state index contributed by atoms with van der Waals surface area (Å²) in [6, 6.07) is 4.94. The lowest BCUT2D eigenvalue weighted by atomic mass is 10.1. The van der Waals surface area contributed by atoms with Gasteiger partial charge in [-0.3, -0.25) is 9.59 Å². The Morgan fingerprint density at radius 1 is 0.892 bits per heavy atom. The van der Waals surface area contributed by atoms with Gasteiger partial charge in [-0.05, 0) is 42.5 Å². The van der Waals surface area contributed by atoms with E-state index in [1.54, 1.807) is 0 Å². The predicted octanol–water partition coefficient (Wildman–Crippen LogP) is 5.73. The van der Waals surface area contributed by atoms with Crippen LogP contribution >= 0.6 is 0 Å². The number of hydrogen-bond donors (Lipinski definition) is 3. The van der Waals surface area contributed by atoms with Crippen molar-refractivity contribution in [2.75, 3.05) is 5.32 Å². The molecule has 15 heteroatoms. The van der Waals surface area contributed by atoms with Crippen LogP contribution in [0.1, 0.15) is 26.3 Å². The molecule has 0 aromatic heterocycles. The van der Waals surface area contributed by atoms with Gasteiger partial charge in [0.15, 0.2) is 17.3 Å². The number of alkyl halides is 6. The third-order valence-corrected chi connectivity index (χ3v) is 4.51. The van der Waals surface area contributed by atoms with E-state index in [0.29, 0.717) is 30.3 Å². The molecule has 2 amide bonds. The van der Waals surface area contributed by atoms with Crippen molar-refractivity contribution in [1.29, 1.82) is 0 Å². The van der Waals surface area contributed by atoms with Crippen molar-refractivity contribution in [2.24, 2.45) is 5.73 Å². The SMILES string of the molecule is NC(=O)c1cc(NC(=O)c2c(Oc3ccc(OC(F)(F)F)cc3O)ccc(C(F)(F)F)c2F)ccc1F. The maximum atomic E-state index is 14.9. The van der Waals surface area contributed by atoms with Crippen molar-refractivity contribution in [2.45, 2.75) is 12.5 Å². The Labute approximate surface area is 201 Å². The maximum Gasteiger partial charge on any atom is 0.573 e. The van der Waals surface area contributed by atoms with Crippen LogP contribution in [-0.2, 0) is 6.18 Å². The number of nitrogens with one attached hydrogen (secondary N) is 1. The first-order chi connectivity index (χ1) is 17.1. The lowest BCUT2D eigenvalue weighted by Crippen LogP contribution is -2.19. The van der Waals surface area contributed by atoms with Crippen LogP contribution < -0.4 is 20.5 Å². The molecule has 3 aromatic rings. The Balaban J connectivity index is 2.04. The molecule has 196 valence electrons. The fourth-order valence-electron chi connectivity index (χ4n) is 2.96. The summed E-state index contributed by atoms with van der Waals surface area (Å²) in [6.07, 6.45) is -10.4. The van der Waals surface area contributed by atoms with Crippen LogP contribution in [0.25, 0.3) is 0 Å². The summed E-state index contributed by atoms with van der Waals surface area (Å²) in [5.41, 5.74) is 0.730. The highest BCUT2D eigenvalue weighted by Crippen LogP contribution is 2.40. The van der Waals surface area contributed by atoms with Crippen LogP contribution in [0.2, 0.25) is 0 Å². The molecule has 0 aliphatic rings. The molecule has 0 atom stereocenters. The van der Waals surface area contributed by atoms with Crippen molar-refractivity contribution in [3.8, 4) is 23.0 Å². The number of carbonyl (C=O) groups excluding carboxylic acids is 2. The molecule has 0 bridgehead atoms. The van der Waals surface area contributed by atoms with E-state index in [2.05, 4.69) is 4.74 Å². The van der Waals surface area contributed by atoms with Crippen LogP contribution in [0.3, 0.4) is 0 Å². The Morgan fingerprint density at radius 3 is 2.11 bits per heavy atom. The summed E-state index contributed by atoms with van der Waals surface area (Å²) in [4.78, 5) is 24.1. The Hall–Kier alpha value is -4.56. The quantitative estimate of drug-likeness (QED) is 0.349. The molecule has 3 aromatic carbocycles. The third-order valence-electron chi connectivity index (χ3n) is 4.51. The fraction of sp³-hybridized carbons (Fsp3) is 0.0909. The Morgan fingerprint density at radius 2 is 1.54 bits per heavy atom. The van der Waals surface area contributed by atoms with Crippen molar-refractivity contribution in [3.05, 3.63) is 76.9 Å². The standard InChI is InChI=1S/C22H12F8N2O5/c23-13-4-1-9(7-11(13)19(31)34)32-20(35)17-16(6-3-12(18(17)24)21(25,26)27)36-15-5-2-10(8-14(15)33)37-22(28,29)30/h1-8,33H,(H2,31,34)(H,32,35). The van der Waals surface area contributed by atoms with E-state index in [0.717, 1.165) is 12.1 Å². The second-order valence-corrected chi connectivity index (χ2v) is 7.09. The summed E-state index contributed by atoms with van der Waals surface area (Å²) in [6.45, 7) is 0. The number of ether oxygens (including phenoxy) is 2. The zero-order valence-electron chi connectivity index (χ0n) is 17.8. The number of benzene rings is 3. The number of amides is 2. The summed E-state index contributed by atoms with van der Waals surface area (Å²) in [7, 11) is 0. The van der Waals surface area contributed by atoms with E-state index in [9.17, 15) is 49.8 Å². The van der Waals surface area contributed by atoms with Crippen LogP contribution in [0.15, 0.2) is 48.5 Å². The highest BCUT2D eigenvalue weighted by Gasteiger charge is 2.38. The lowest BCUT2D eigenvalue weighted by molar-refractivity contribution is -0.274. The van der Waals surface area contributed by atoms with Gasteiger partial charge in [-0.25, -0.2) is 8.78 Å². The number of phenolic OH excluding ortho intramolecular Hbond substituents is 1. The van der Waals surface area contributed by atoms with Crippen LogP contribution in [0.4, 0.5) is 40.8 Å². The molecule has 0 spiro atoms. The number of halogens is 8. The van der Waals surface area contributed by atoms with E-state index < -0.39 is 75.7 Å². The lowest BCUT2D eigenvalue weighted by Gasteiger charge is -2.17. The minimum absolute atomic E-state index is 0.225. The van der Waals surface area contributed by atoms with Gasteiger partial charge in [-0.2, -0.15) is 13.2 Å². The summed E-state index contributed by atoms with van der Waals surface area (Å²) >= 11 is 0. The molecule has 0 aliphatic heterocycles. The average Bonchev–Trinajstić information content (AvgIpc) is 2.74. The second-order valence-electron chi connectivity index (χ2n) is 7.09. The van der Waals surface area contributed by atoms with Crippen molar-refractivity contribution in [3.63, 3.8) is 0 Å². The molecule has 4 N–H and O–H groups in total. The first kappa shape index (κ1) is 27.0. The average molecular weight is 536 g/mol. The van der Waals surface area contributed by atoms with Gasteiger partial charge in [0.05, 0.1) is 11.1 Å². The van der Waals surface area contributed by atoms with Crippen LogP contribution in [-0.4, -0.2) is 23.3 Å². The largest absolute Gasteiger partial charge is 0.573 e. The zero-order valence-corrected chi connectivity index (χ0v) is 17.8. The fourth-order valence-corrected chi connectivity index (χ4v) is 2.96. The molecule has 0 aliphatic carbocycles. The van der Waals surface area contributed by atoms with Gasteiger partial charge in [0.2, 0.25) is 0 Å². The molecule has 0 radical (unpaired) electrons. The van der Waals surface area contributed by atoms with Gasteiger partial charge in [0.25, 0.3) is 11.8 Å². The number of primary amides is 1. The molecule has 0 saturated carbocycles. The predicted molar refractivity (Wildman–Crippen MR) is 109 cm³/mol. The smallest absolute Gasteiger partial charge is 0.504 e. The number of nitrogens with two attached hydrogens (primary N) is 1. The summed E-state index contributed by atoms with van der Waals surface area (Å²) in [5, 5.41) is 11.9. The van der Waals surface area contributed by atoms with E-state index >= 15 is 0 Å². The first-order valence-electron chi connectivity index (χ1n) is 9.64. The molecule has 0 heterocycles. The van der Waals surface area contributed by atoms with Gasteiger partial charge < -0.3 is 25.6 Å². The van der Waals surface area contributed by atoms with E-state index in [-0.39, 0.29) is 11.8 Å². The molecule has 3 rings (SSSR count). The van der Waals surface area contributed by atoms with Gasteiger partial charge in [-0.1, -0.05) is 0 Å². The number of rotatable bonds is 6. The van der Waals surface area contributed by atoms with E-state index in [1.807, 2.05) is 5.32 Å². The number of carbonyl (C=O) groups is 2. The number of hydrogen-bond acceptors (Lipinski definition) is 5. The minimum Gasteiger partial charge on any atom is -0.504 e. The Kier molecular flexibility index (Phi) is 7.18. The van der Waals surface area contributed by atoms with Crippen LogP contribution in [0, 0.1) is 11.6 Å². The normalized spacial score (nSPS) is 11.7.